The van der Waals surface area contributed by atoms with Crippen molar-refractivity contribution < 1.29 is 9.59 Å². The van der Waals surface area contributed by atoms with Crippen molar-refractivity contribution in [3.8, 4) is 0 Å². The lowest BCUT2D eigenvalue weighted by Crippen LogP contribution is -2.41. The van der Waals surface area contributed by atoms with E-state index in [9.17, 15) is 9.59 Å². The van der Waals surface area contributed by atoms with E-state index < -0.39 is 0 Å². The number of hydrogen-bond acceptors (Lipinski definition) is 3. The van der Waals surface area contributed by atoms with Crippen molar-refractivity contribution in [2.24, 2.45) is 7.05 Å². The topological polar surface area (TPSA) is 55.2 Å². The summed E-state index contributed by atoms with van der Waals surface area (Å²) in [6.07, 6.45) is 6.39. The average molecular weight is 277 g/mol. The summed E-state index contributed by atoms with van der Waals surface area (Å²) in [4.78, 5) is 26.1. The Kier molecular flexibility index (Phi) is 4.57. The summed E-state index contributed by atoms with van der Waals surface area (Å²) in [6, 6.07) is 0.0436. The van der Waals surface area contributed by atoms with Crippen molar-refractivity contribution in [2.45, 2.75) is 52.0 Å². The first-order valence-electron chi connectivity index (χ1n) is 7.29. The predicted octanol–water partition coefficient (Wildman–Crippen LogP) is 2.09. The van der Waals surface area contributed by atoms with E-state index in [2.05, 4.69) is 5.10 Å². The number of ketones is 1. The third-order valence-corrected chi connectivity index (χ3v) is 3.90. The van der Waals surface area contributed by atoms with Crippen LogP contribution in [0.1, 0.15) is 55.1 Å². The van der Waals surface area contributed by atoms with Crippen molar-refractivity contribution in [2.75, 3.05) is 6.54 Å². The van der Waals surface area contributed by atoms with Crippen LogP contribution in [0.25, 0.3) is 0 Å². The molecule has 0 radical (unpaired) electrons. The maximum atomic E-state index is 12.7. The van der Waals surface area contributed by atoms with Gasteiger partial charge in [-0.25, -0.2) is 0 Å². The Morgan fingerprint density at radius 1 is 1.35 bits per heavy atom. The molecule has 1 amide bonds. The molecule has 1 aliphatic rings. The minimum atomic E-state index is 0.0174. The van der Waals surface area contributed by atoms with E-state index in [1.54, 1.807) is 17.8 Å². The second-order valence-electron chi connectivity index (χ2n) is 5.71. The predicted molar refractivity (Wildman–Crippen MR) is 76.5 cm³/mol. The van der Waals surface area contributed by atoms with Gasteiger partial charge in [0.15, 0.2) is 0 Å². The SMILES string of the molecule is CC(=O)CC1CCCCCN1C(=O)c1cn(C)nc1C. The molecule has 110 valence electrons. The van der Waals surface area contributed by atoms with E-state index in [1.807, 2.05) is 18.9 Å². The van der Waals surface area contributed by atoms with Crippen LogP contribution < -0.4 is 0 Å². The number of carbonyl (C=O) groups is 2. The first-order chi connectivity index (χ1) is 9.49. The number of likely N-dealkylation sites (tertiary alicyclic amines) is 1. The highest BCUT2D eigenvalue weighted by Gasteiger charge is 2.28. The zero-order valence-corrected chi connectivity index (χ0v) is 12.6. The van der Waals surface area contributed by atoms with E-state index >= 15 is 0 Å². The normalized spacial score (nSPS) is 19.8. The Balaban J connectivity index is 2.23. The second-order valence-corrected chi connectivity index (χ2v) is 5.71. The standard InChI is InChI=1S/C15H23N3O2/c1-11(19)9-13-7-5-4-6-8-18(13)15(20)14-10-17(3)16-12(14)2/h10,13H,4-9H2,1-3H3. The number of aryl methyl sites for hydroxylation is 2. The first kappa shape index (κ1) is 14.8. The van der Waals surface area contributed by atoms with Gasteiger partial charge in [-0.05, 0) is 26.7 Å². The lowest BCUT2D eigenvalue weighted by Gasteiger charge is -2.29. The van der Waals surface area contributed by atoms with Crippen LogP contribution in [0.3, 0.4) is 0 Å². The Morgan fingerprint density at radius 3 is 2.70 bits per heavy atom. The first-order valence-corrected chi connectivity index (χ1v) is 7.29. The maximum Gasteiger partial charge on any atom is 0.257 e. The van der Waals surface area contributed by atoms with E-state index in [-0.39, 0.29) is 17.7 Å². The highest BCUT2D eigenvalue weighted by Crippen LogP contribution is 2.22. The molecule has 1 aromatic heterocycles. The molecule has 1 aromatic rings. The zero-order valence-electron chi connectivity index (χ0n) is 12.6. The van der Waals surface area contributed by atoms with Gasteiger partial charge < -0.3 is 4.90 Å². The van der Waals surface area contributed by atoms with Crippen LogP contribution in [0.2, 0.25) is 0 Å². The molecule has 5 nitrogen and oxygen atoms in total. The van der Waals surface area contributed by atoms with Crippen LogP contribution in [0.15, 0.2) is 6.20 Å². The molecule has 1 saturated heterocycles. The molecule has 0 aromatic carbocycles. The van der Waals surface area contributed by atoms with E-state index in [0.29, 0.717) is 12.0 Å². The molecule has 0 N–H and O–H groups in total. The van der Waals surface area contributed by atoms with Gasteiger partial charge in [-0.3, -0.25) is 14.3 Å². The van der Waals surface area contributed by atoms with Crippen LogP contribution in [0.4, 0.5) is 0 Å². The van der Waals surface area contributed by atoms with Crippen LogP contribution in [0, 0.1) is 6.92 Å². The summed E-state index contributed by atoms with van der Waals surface area (Å²) >= 11 is 0. The molecule has 2 heterocycles. The van der Waals surface area contributed by atoms with Gasteiger partial charge in [0, 0.05) is 32.3 Å². The highest BCUT2D eigenvalue weighted by atomic mass is 16.2. The van der Waals surface area contributed by atoms with Crippen LogP contribution in [-0.2, 0) is 11.8 Å². The summed E-state index contributed by atoms with van der Waals surface area (Å²) in [5.41, 5.74) is 1.41. The Morgan fingerprint density at radius 2 is 2.10 bits per heavy atom. The third-order valence-electron chi connectivity index (χ3n) is 3.90. The molecular formula is C15H23N3O2. The summed E-state index contributed by atoms with van der Waals surface area (Å²) < 4.78 is 1.67. The molecule has 1 aliphatic heterocycles. The molecule has 1 fully saturated rings. The zero-order chi connectivity index (χ0) is 14.7. The van der Waals surface area contributed by atoms with Gasteiger partial charge in [0.2, 0.25) is 0 Å². The Bertz CT molecular complexity index is 507. The third kappa shape index (κ3) is 3.26. The minimum Gasteiger partial charge on any atom is -0.335 e. The second kappa shape index (κ2) is 6.20. The summed E-state index contributed by atoms with van der Waals surface area (Å²) in [7, 11) is 1.82. The smallest absolute Gasteiger partial charge is 0.257 e. The van der Waals surface area contributed by atoms with E-state index in [0.717, 1.165) is 37.9 Å². The van der Waals surface area contributed by atoms with E-state index in [1.165, 1.54) is 0 Å². The quantitative estimate of drug-likeness (QED) is 0.850. The number of amides is 1. The van der Waals surface area contributed by atoms with Crippen molar-refractivity contribution in [3.63, 3.8) is 0 Å². The number of carbonyl (C=O) groups excluding carboxylic acids is 2. The minimum absolute atomic E-state index is 0.0174. The highest BCUT2D eigenvalue weighted by molar-refractivity contribution is 5.95. The Hall–Kier alpha value is -1.65. The monoisotopic (exact) mass is 277 g/mol. The average Bonchev–Trinajstić information content (AvgIpc) is 2.58. The fourth-order valence-electron chi connectivity index (χ4n) is 2.95. The lowest BCUT2D eigenvalue weighted by atomic mass is 10.0. The van der Waals surface area contributed by atoms with E-state index in [4.69, 9.17) is 0 Å². The molecule has 5 heteroatoms. The van der Waals surface area contributed by atoms with Gasteiger partial charge in [0.1, 0.15) is 5.78 Å². The molecule has 0 bridgehead atoms. The summed E-state index contributed by atoms with van der Waals surface area (Å²) in [5, 5.41) is 4.24. The number of aromatic nitrogens is 2. The maximum absolute atomic E-state index is 12.7. The van der Waals surface area contributed by atoms with Crippen molar-refractivity contribution in [1.29, 1.82) is 0 Å². The van der Waals surface area contributed by atoms with Gasteiger partial charge in [0.25, 0.3) is 5.91 Å². The largest absolute Gasteiger partial charge is 0.335 e. The van der Waals surface area contributed by atoms with Gasteiger partial charge in [0.05, 0.1) is 11.3 Å². The van der Waals surface area contributed by atoms with Crippen LogP contribution in [-0.4, -0.2) is 39.0 Å². The van der Waals surface area contributed by atoms with Crippen LogP contribution in [0.5, 0.6) is 0 Å². The van der Waals surface area contributed by atoms with Gasteiger partial charge in [-0.15, -0.1) is 0 Å². The molecular weight excluding hydrogens is 254 g/mol. The Labute approximate surface area is 119 Å². The molecule has 0 saturated carbocycles. The summed E-state index contributed by atoms with van der Waals surface area (Å²) in [5.74, 6) is 0.168. The van der Waals surface area contributed by atoms with Crippen molar-refractivity contribution in [3.05, 3.63) is 17.5 Å². The molecule has 1 unspecified atom stereocenters. The molecule has 1 atom stereocenters. The molecule has 0 aliphatic carbocycles. The van der Waals surface area contributed by atoms with Crippen molar-refractivity contribution in [1.82, 2.24) is 14.7 Å². The van der Waals surface area contributed by atoms with Crippen molar-refractivity contribution >= 4 is 11.7 Å². The summed E-state index contributed by atoms with van der Waals surface area (Å²) in [6.45, 7) is 4.19. The van der Waals surface area contributed by atoms with Gasteiger partial charge in [-0.2, -0.15) is 5.10 Å². The molecule has 0 spiro atoms. The van der Waals surface area contributed by atoms with Crippen LogP contribution >= 0.6 is 0 Å². The fourth-order valence-corrected chi connectivity index (χ4v) is 2.95. The molecule has 2 rings (SSSR count). The number of nitrogens with zero attached hydrogens (tertiary/aromatic N) is 3. The molecule has 20 heavy (non-hydrogen) atoms. The number of rotatable bonds is 3. The van der Waals surface area contributed by atoms with Gasteiger partial charge >= 0.3 is 0 Å². The lowest BCUT2D eigenvalue weighted by molar-refractivity contribution is -0.118. The number of Topliss-reactive ketones (excluding diaryl/α,β-unsaturated/α-hetero) is 1. The fraction of sp³-hybridized carbons (Fsp3) is 0.667. The van der Waals surface area contributed by atoms with Gasteiger partial charge in [-0.1, -0.05) is 12.8 Å². The number of hydrogen-bond donors (Lipinski definition) is 0.